The summed E-state index contributed by atoms with van der Waals surface area (Å²) >= 11 is 0. The summed E-state index contributed by atoms with van der Waals surface area (Å²) in [5.74, 6) is -0.187. The molecule has 0 saturated heterocycles. The SMILES string of the molecule is CCOC(=O)CC/C=C/CC=O. The maximum atomic E-state index is 10.8. The zero-order valence-electron chi connectivity index (χ0n) is 7.29. The van der Waals surface area contributed by atoms with Crippen LogP contribution in [0, 0.1) is 0 Å². The fourth-order valence-electron chi connectivity index (χ4n) is 0.704. The molecule has 0 saturated carbocycles. The molecular weight excluding hydrogens is 156 g/mol. The molecule has 0 fully saturated rings. The lowest BCUT2D eigenvalue weighted by atomic mass is 10.3. The van der Waals surface area contributed by atoms with Crippen molar-refractivity contribution in [3.8, 4) is 0 Å². The third-order valence-corrected chi connectivity index (χ3v) is 1.22. The van der Waals surface area contributed by atoms with Crippen molar-refractivity contribution in [2.45, 2.75) is 26.2 Å². The van der Waals surface area contributed by atoms with Gasteiger partial charge >= 0.3 is 5.97 Å². The minimum absolute atomic E-state index is 0.187. The number of esters is 1. The van der Waals surface area contributed by atoms with E-state index in [2.05, 4.69) is 0 Å². The van der Waals surface area contributed by atoms with Gasteiger partial charge in [0.2, 0.25) is 0 Å². The first-order valence-electron chi connectivity index (χ1n) is 4.05. The Morgan fingerprint density at radius 2 is 2.17 bits per heavy atom. The number of rotatable bonds is 6. The fourth-order valence-corrected chi connectivity index (χ4v) is 0.704. The van der Waals surface area contributed by atoms with Crippen LogP contribution in [0.3, 0.4) is 0 Å². The molecule has 0 spiro atoms. The molecule has 0 heterocycles. The average Bonchev–Trinajstić information content (AvgIpc) is 2.05. The van der Waals surface area contributed by atoms with Crippen LogP contribution in [0.15, 0.2) is 12.2 Å². The molecule has 3 heteroatoms. The zero-order valence-corrected chi connectivity index (χ0v) is 7.29. The smallest absolute Gasteiger partial charge is 0.306 e. The van der Waals surface area contributed by atoms with Crippen LogP contribution in [0.4, 0.5) is 0 Å². The molecule has 0 aliphatic carbocycles. The monoisotopic (exact) mass is 170 g/mol. The van der Waals surface area contributed by atoms with Crippen LogP contribution in [-0.4, -0.2) is 18.9 Å². The van der Waals surface area contributed by atoms with Gasteiger partial charge in [0.25, 0.3) is 0 Å². The van der Waals surface area contributed by atoms with Gasteiger partial charge in [0.05, 0.1) is 6.61 Å². The highest BCUT2D eigenvalue weighted by Gasteiger charge is 1.97. The highest BCUT2D eigenvalue weighted by atomic mass is 16.5. The Balaban J connectivity index is 3.29. The number of allylic oxidation sites excluding steroid dienone is 2. The fraction of sp³-hybridized carbons (Fsp3) is 0.556. The van der Waals surface area contributed by atoms with Crippen LogP contribution in [-0.2, 0) is 14.3 Å². The van der Waals surface area contributed by atoms with Crippen LogP contribution in [0.1, 0.15) is 26.2 Å². The molecular formula is C9H14O3. The van der Waals surface area contributed by atoms with E-state index in [4.69, 9.17) is 4.74 Å². The van der Waals surface area contributed by atoms with E-state index in [0.717, 1.165) is 6.29 Å². The zero-order chi connectivity index (χ0) is 9.23. The first kappa shape index (κ1) is 10.9. The molecule has 0 aromatic carbocycles. The van der Waals surface area contributed by atoms with Crippen LogP contribution in [0.25, 0.3) is 0 Å². The Morgan fingerprint density at radius 1 is 1.42 bits per heavy atom. The van der Waals surface area contributed by atoms with Crippen LogP contribution >= 0.6 is 0 Å². The minimum atomic E-state index is -0.187. The van der Waals surface area contributed by atoms with Crippen molar-refractivity contribution in [1.82, 2.24) is 0 Å². The number of aldehydes is 1. The predicted octanol–water partition coefficient (Wildman–Crippen LogP) is 1.47. The van der Waals surface area contributed by atoms with Crippen molar-refractivity contribution in [3.63, 3.8) is 0 Å². The summed E-state index contributed by atoms with van der Waals surface area (Å²) in [6, 6.07) is 0. The summed E-state index contributed by atoms with van der Waals surface area (Å²) in [5.41, 5.74) is 0. The number of carbonyl (C=O) groups is 2. The van der Waals surface area contributed by atoms with Gasteiger partial charge in [-0.25, -0.2) is 0 Å². The Labute approximate surface area is 72.4 Å². The van der Waals surface area contributed by atoms with Crippen molar-refractivity contribution in [3.05, 3.63) is 12.2 Å². The summed E-state index contributed by atoms with van der Waals surface area (Å²) in [6.07, 6.45) is 5.83. The predicted molar refractivity (Wildman–Crippen MR) is 45.7 cm³/mol. The number of carbonyl (C=O) groups excluding carboxylic acids is 2. The van der Waals surface area contributed by atoms with Crippen LogP contribution < -0.4 is 0 Å². The van der Waals surface area contributed by atoms with Crippen molar-refractivity contribution in [2.75, 3.05) is 6.61 Å². The van der Waals surface area contributed by atoms with E-state index in [1.54, 1.807) is 13.0 Å². The number of ether oxygens (including phenoxy) is 1. The Hall–Kier alpha value is -1.12. The topological polar surface area (TPSA) is 43.4 Å². The van der Waals surface area contributed by atoms with E-state index < -0.39 is 0 Å². The van der Waals surface area contributed by atoms with E-state index in [1.807, 2.05) is 6.08 Å². The average molecular weight is 170 g/mol. The summed E-state index contributed by atoms with van der Waals surface area (Å²) < 4.78 is 4.71. The minimum Gasteiger partial charge on any atom is -0.466 e. The second-order valence-electron chi connectivity index (χ2n) is 2.22. The number of hydrogen-bond acceptors (Lipinski definition) is 3. The molecule has 0 atom stereocenters. The van der Waals surface area contributed by atoms with Crippen LogP contribution in [0.5, 0.6) is 0 Å². The Morgan fingerprint density at radius 3 is 2.75 bits per heavy atom. The Bertz CT molecular complexity index is 161. The molecule has 0 amide bonds. The van der Waals surface area contributed by atoms with Crippen molar-refractivity contribution in [1.29, 1.82) is 0 Å². The number of hydrogen-bond donors (Lipinski definition) is 0. The normalized spacial score (nSPS) is 10.1. The molecule has 3 nitrogen and oxygen atoms in total. The second kappa shape index (κ2) is 7.98. The van der Waals surface area contributed by atoms with E-state index in [9.17, 15) is 9.59 Å². The molecule has 0 rings (SSSR count). The largest absolute Gasteiger partial charge is 0.466 e. The van der Waals surface area contributed by atoms with Gasteiger partial charge in [-0.3, -0.25) is 4.79 Å². The van der Waals surface area contributed by atoms with Gasteiger partial charge in [-0.05, 0) is 13.3 Å². The maximum absolute atomic E-state index is 10.8. The van der Waals surface area contributed by atoms with Gasteiger partial charge in [0.15, 0.2) is 0 Å². The third kappa shape index (κ3) is 6.99. The first-order valence-corrected chi connectivity index (χ1v) is 4.05. The molecule has 0 unspecified atom stereocenters. The highest BCUT2D eigenvalue weighted by molar-refractivity contribution is 5.69. The molecule has 0 aliphatic rings. The molecule has 0 aromatic rings. The highest BCUT2D eigenvalue weighted by Crippen LogP contribution is 1.94. The second-order valence-corrected chi connectivity index (χ2v) is 2.22. The van der Waals surface area contributed by atoms with E-state index in [1.165, 1.54) is 0 Å². The lowest BCUT2D eigenvalue weighted by Crippen LogP contribution is -2.02. The van der Waals surface area contributed by atoms with Crippen molar-refractivity contribution in [2.24, 2.45) is 0 Å². The quantitative estimate of drug-likeness (QED) is 0.344. The van der Waals surface area contributed by atoms with E-state index >= 15 is 0 Å². The van der Waals surface area contributed by atoms with Gasteiger partial charge in [0, 0.05) is 12.8 Å². The van der Waals surface area contributed by atoms with Gasteiger partial charge in [-0.1, -0.05) is 12.2 Å². The lowest BCUT2D eigenvalue weighted by molar-refractivity contribution is -0.143. The molecule has 0 aliphatic heterocycles. The van der Waals surface area contributed by atoms with Gasteiger partial charge in [-0.2, -0.15) is 0 Å². The summed E-state index contributed by atoms with van der Waals surface area (Å²) in [4.78, 5) is 20.6. The molecule has 0 radical (unpaired) electrons. The van der Waals surface area contributed by atoms with E-state index in [0.29, 0.717) is 25.9 Å². The maximum Gasteiger partial charge on any atom is 0.306 e. The lowest BCUT2D eigenvalue weighted by Gasteiger charge is -1.97. The summed E-state index contributed by atoms with van der Waals surface area (Å²) in [6.45, 7) is 2.21. The summed E-state index contributed by atoms with van der Waals surface area (Å²) in [5, 5.41) is 0. The van der Waals surface area contributed by atoms with Crippen molar-refractivity contribution < 1.29 is 14.3 Å². The van der Waals surface area contributed by atoms with E-state index in [-0.39, 0.29) is 5.97 Å². The van der Waals surface area contributed by atoms with Gasteiger partial charge < -0.3 is 9.53 Å². The van der Waals surface area contributed by atoms with Crippen molar-refractivity contribution >= 4 is 12.3 Å². The molecule has 12 heavy (non-hydrogen) atoms. The first-order chi connectivity index (χ1) is 5.81. The molecule has 0 aromatic heterocycles. The molecule has 0 N–H and O–H groups in total. The Kier molecular flexibility index (Phi) is 7.24. The summed E-state index contributed by atoms with van der Waals surface area (Å²) in [7, 11) is 0. The van der Waals surface area contributed by atoms with Gasteiger partial charge in [0.1, 0.15) is 6.29 Å². The van der Waals surface area contributed by atoms with Gasteiger partial charge in [-0.15, -0.1) is 0 Å². The van der Waals surface area contributed by atoms with Crippen LogP contribution in [0.2, 0.25) is 0 Å². The molecule has 68 valence electrons. The standard InChI is InChI=1S/C9H14O3/c1-2-12-9(11)7-5-3-4-6-8-10/h3-4,8H,2,5-7H2,1H3/b4-3+. The third-order valence-electron chi connectivity index (χ3n) is 1.22. The molecule has 0 bridgehead atoms.